The Hall–Kier alpha value is -3.07. The van der Waals surface area contributed by atoms with E-state index in [1.54, 1.807) is 0 Å². The summed E-state index contributed by atoms with van der Waals surface area (Å²) in [6, 6.07) is 4.05. The quantitative estimate of drug-likeness (QED) is 0.596. The van der Waals surface area contributed by atoms with Crippen molar-refractivity contribution in [3.63, 3.8) is 0 Å². The molecule has 3 heterocycles. The maximum Gasteiger partial charge on any atom is 0.337 e. The summed E-state index contributed by atoms with van der Waals surface area (Å²) in [5, 5.41) is 15.1. The third kappa shape index (κ3) is 3.18. The van der Waals surface area contributed by atoms with E-state index in [-0.39, 0.29) is 12.6 Å². The van der Waals surface area contributed by atoms with E-state index in [4.69, 9.17) is 5.11 Å². The van der Waals surface area contributed by atoms with Crippen LogP contribution in [0.3, 0.4) is 0 Å². The van der Waals surface area contributed by atoms with E-state index in [2.05, 4.69) is 31.7 Å². The summed E-state index contributed by atoms with van der Waals surface area (Å²) >= 11 is 0. The van der Waals surface area contributed by atoms with Gasteiger partial charge in [0.2, 0.25) is 0 Å². The normalized spacial score (nSPS) is 22.1. The molecular formula is C19H22N6O3. The third-order valence-corrected chi connectivity index (χ3v) is 5.27. The average Bonchev–Trinajstić information content (AvgIpc) is 3.44. The Labute approximate surface area is 162 Å². The summed E-state index contributed by atoms with van der Waals surface area (Å²) < 4.78 is 0. The highest BCUT2D eigenvalue weighted by molar-refractivity contribution is 6.70. The van der Waals surface area contributed by atoms with Crippen LogP contribution in [-0.2, 0) is 9.59 Å². The van der Waals surface area contributed by atoms with E-state index in [0.717, 1.165) is 22.5 Å². The lowest BCUT2D eigenvalue weighted by Crippen LogP contribution is -2.51. The highest BCUT2D eigenvalue weighted by Crippen LogP contribution is 2.36. The van der Waals surface area contributed by atoms with Crippen molar-refractivity contribution in [3.05, 3.63) is 23.3 Å². The number of aliphatic imine (C=N–C) groups is 3. The third-order valence-electron chi connectivity index (χ3n) is 5.27. The van der Waals surface area contributed by atoms with E-state index >= 15 is 0 Å². The standard InChI is InChI=1S/C19H22N6O3/c1-11-7-13-14(8-12(11)2)25(16-15(24-13)17(26)22-10-21-16)6-5-20-4-3-19(9-23-19)18(27)28/h7-9,20H,3-6,10H2,1-2H3,(H,22,26)(H,27,28). The van der Waals surface area contributed by atoms with E-state index in [1.165, 1.54) is 6.21 Å². The molecule has 1 aromatic rings. The van der Waals surface area contributed by atoms with Gasteiger partial charge in [-0.2, -0.15) is 0 Å². The molecule has 3 aliphatic rings. The Morgan fingerprint density at radius 1 is 1.32 bits per heavy atom. The second-order valence-electron chi connectivity index (χ2n) is 7.17. The topological polar surface area (TPSA) is 119 Å². The Balaban J connectivity index is 1.48. The zero-order valence-electron chi connectivity index (χ0n) is 15.8. The van der Waals surface area contributed by atoms with Crippen LogP contribution in [0, 0.1) is 13.8 Å². The number of anilines is 1. The van der Waals surface area contributed by atoms with Gasteiger partial charge in [-0.05, 0) is 43.7 Å². The Bertz CT molecular complexity index is 943. The summed E-state index contributed by atoms with van der Waals surface area (Å²) in [7, 11) is 0. The first-order valence-electron chi connectivity index (χ1n) is 9.22. The Kier molecular flexibility index (Phi) is 4.46. The molecule has 1 atom stereocenters. The first-order chi connectivity index (χ1) is 13.4. The van der Waals surface area contributed by atoms with Gasteiger partial charge in [0.05, 0.1) is 11.4 Å². The molecule has 9 nitrogen and oxygen atoms in total. The number of carboxylic acids is 1. The summed E-state index contributed by atoms with van der Waals surface area (Å²) in [6.45, 7) is 6.02. The van der Waals surface area contributed by atoms with Gasteiger partial charge < -0.3 is 20.6 Å². The zero-order chi connectivity index (χ0) is 19.9. The first kappa shape index (κ1) is 18.3. The van der Waals surface area contributed by atoms with Crippen LogP contribution in [-0.4, -0.2) is 66.6 Å². The number of carbonyl (C=O) groups is 2. The molecule has 0 aliphatic carbocycles. The largest absolute Gasteiger partial charge is 0.479 e. The number of fused-ring (bicyclic) bond motifs is 2. The maximum atomic E-state index is 12.3. The van der Waals surface area contributed by atoms with E-state index < -0.39 is 11.5 Å². The number of carbonyl (C=O) groups excluding carboxylic acids is 1. The number of carboxylic acid groups (broad SMARTS) is 1. The molecule has 0 spiro atoms. The predicted octanol–water partition coefficient (Wildman–Crippen LogP) is 0.569. The average molecular weight is 382 g/mol. The molecule has 0 radical (unpaired) electrons. The predicted molar refractivity (Wildman–Crippen MR) is 107 cm³/mol. The summed E-state index contributed by atoms with van der Waals surface area (Å²) in [5.74, 6) is -0.552. The molecule has 1 aromatic carbocycles. The molecular weight excluding hydrogens is 360 g/mol. The van der Waals surface area contributed by atoms with Crippen molar-refractivity contribution < 1.29 is 14.7 Å². The molecule has 0 fully saturated rings. The molecule has 1 unspecified atom stereocenters. The molecule has 0 saturated heterocycles. The lowest BCUT2D eigenvalue weighted by molar-refractivity contribution is -0.139. The van der Waals surface area contributed by atoms with Crippen LogP contribution in [0.1, 0.15) is 17.5 Å². The van der Waals surface area contributed by atoms with Gasteiger partial charge in [0.15, 0.2) is 17.1 Å². The minimum Gasteiger partial charge on any atom is -0.479 e. The second-order valence-corrected chi connectivity index (χ2v) is 7.17. The van der Waals surface area contributed by atoms with Crippen LogP contribution in [0.15, 0.2) is 27.1 Å². The van der Waals surface area contributed by atoms with Crippen molar-refractivity contribution in [2.75, 3.05) is 31.2 Å². The minimum absolute atomic E-state index is 0.221. The molecule has 9 heteroatoms. The number of aliphatic carboxylic acids is 1. The van der Waals surface area contributed by atoms with Crippen molar-refractivity contribution in [2.45, 2.75) is 25.8 Å². The van der Waals surface area contributed by atoms with Crippen LogP contribution < -0.4 is 15.5 Å². The van der Waals surface area contributed by atoms with E-state index in [1.807, 2.05) is 24.8 Å². The monoisotopic (exact) mass is 382 g/mol. The van der Waals surface area contributed by atoms with Crippen LogP contribution in [0.2, 0.25) is 0 Å². The van der Waals surface area contributed by atoms with Crippen LogP contribution in [0.5, 0.6) is 0 Å². The molecule has 28 heavy (non-hydrogen) atoms. The summed E-state index contributed by atoms with van der Waals surface area (Å²) in [5.41, 5.74) is 3.26. The van der Waals surface area contributed by atoms with E-state index in [9.17, 15) is 9.59 Å². The Morgan fingerprint density at radius 3 is 2.79 bits per heavy atom. The highest BCUT2D eigenvalue weighted by atomic mass is 16.4. The smallest absolute Gasteiger partial charge is 0.337 e. The molecule has 3 aliphatic heterocycles. The number of hydrogen-bond acceptors (Lipinski definition) is 7. The molecule has 146 valence electrons. The van der Waals surface area contributed by atoms with Crippen LogP contribution in [0.4, 0.5) is 11.4 Å². The van der Waals surface area contributed by atoms with Gasteiger partial charge in [-0.1, -0.05) is 0 Å². The molecule has 4 rings (SSSR count). The fourth-order valence-electron chi connectivity index (χ4n) is 3.33. The van der Waals surface area contributed by atoms with Gasteiger partial charge in [0, 0.05) is 25.7 Å². The number of amidine groups is 1. The van der Waals surface area contributed by atoms with Crippen molar-refractivity contribution in [1.82, 2.24) is 10.6 Å². The number of rotatable bonds is 7. The molecule has 0 saturated carbocycles. The zero-order valence-corrected chi connectivity index (χ0v) is 15.8. The van der Waals surface area contributed by atoms with Crippen LogP contribution in [0.25, 0.3) is 0 Å². The summed E-state index contributed by atoms with van der Waals surface area (Å²) in [4.78, 5) is 38.3. The SMILES string of the molecule is Cc1cc2c(cc1C)N(CCNCCC1(C(=O)O)C=N1)C1=NCNC(=O)C1=N2. The second kappa shape index (κ2) is 6.83. The fourth-order valence-corrected chi connectivity index (χ4v) is 3.33. The minimum atomic E-state index is -1.01. The number of aryl methyl sites for hydroxylation is 2. The van der Waals surface area contributed by atoms with Gasteiger partial charge in [-0.25, -0.2) is 14.8 Å². The van der Waals surface area contributed by atoms with Crippen molar-refractivity contribution in [1.29, 1.82) is 0 Å². The van der Waals surface area contributed by atoms with Gasteiger partial charge in [0.25, 0.3) is 5.91 Å². The first-order valence-corrected chi connectivity index (χ1v) is 9.22. The number of nitrogens with one attached hydrogen (secondary N) is 2. The lowest BCUT2D eigenvalue weighted by Gasteiger charge is -2.33. The fraction of sp³-hybridized carbons (Fsp3) is 0.421. The van der Waals surface area contributed by atoms with Crippen molar-refractivity contribution >= 4 is 41.0 Å². The molecule has 0 aromatic heterocycles. The number of hydrogen-bond donors (Lipinski definition) is 3. The summed E-state index contributed by atoms with van der Waals surface area (Å²) in [6.07, 6.45) is 1.90. The van der Waals surface area contributed by atoms with Gasteiger partial charge in [-0.15, -0.1) is 0 Å². The van der Waals surface area contributed by atoms with Crippen molar-refractivity contribution in [2.24, 2.45) is 15.0 Å². The van der Waals surface area contributed by atoms with Gasteiger partial charge in [0.1, 0.15) is 6.67 Å². The highest BCUT2D eigenvalue weighted by Gasteiger charge is 2.44. The number of amides is 1. The van der Waals surface area contributed by atoms with E-state index in [0.29, 0.717) is 37.6 Å². The number of benzene rings is 1. The molecule has 1 amide bonds. The number of nitrogens with zero attached hydrogens (tertiary/aromatic N) is 4. The van der Waals surface area contributed by atoms with Crippen LogP contribution >= 0.6 is 0 Å². The van der Waals surface area contributed by atoms with Gasteiger partial charge >= 0.3 is 5.97 Å². The molecule has 0 bridgehead atoms. The lowest BCUT2D eigenvalue weighted by atomic mass is 10.0. The van der Waals surface area contributed by atoms with Gasteiger partial charge in [-0.3, -0.25) is 9.79 Å². The maximum absolute atomic E-state index is 12.3. The van der Waals surface area contributed by atoms with Crippen molar-refractivity contribution in [3.8, 4) is 0 Å². The Morgan fingerprint density at radius 2 is 2.07 bits per heavy atom. The molecule has 3 N–H and O–H groups in total.